The first kappa shape index (κ1) is 24.1. The summed E-state index contributed by atoms with van der Waals surface area (Å²) in [6.45, 7) is 2.66. The zero-order chi connectivity index (χ0) is 23.8. The Kier molecular flexibility index (Phi) is 8.31. The number of anilines is 1. The van der Waals surface area contributed by atoms with E-state index in [4.69, 9.17) is 9.47 Å². The lowest BCUT2D eigenvalue weighted by Crippen LogP contribution is -2.20. The zero-order valence-electron chi connectivity index (χ0n) is 19.4. The molecule has 0 atom stereocenters. The van der Waals surface area contributed by atoms with Crippen LogP contribution in [0.3, 0.4) is 0 Å². The molecule has 0 unspecified atom stereocenters. The lowest BCUT2D eigenvalue weighted by Gasteiger charge is -2.11. The lowest BCUT2D eigenvalue weighted by molar-refractivity contribution is -0.118. The molecule has 0 aliphatic carbocycles. The minimum atomic E-state index is -0.223. The minimum absolute atomic E-state index is 0.168. The number of hydrogen-bond donors (Lipinski definition) is 1. The quantitative estimate of drug-likeness (QED) is 0.277. The molecule has 174 valence electrons. The Balaban J connectivity index is 1.61. The zero-order valence-corrected chi connectivity index (χ0v) is 20.2. The summed E-state index contributed by atoms with van der Waals surface area (Å²) in [5.41, 5.74) is 5.40. The van der Waals surface area contributed by atoms with Gasteiger partial charge in [-0.3, -0.25) is 4.79 Å². The highest BCUT2D eigenvalue weighted by atomic mass is 32.2. The van der Waals surface area contributed by atoms with E-state index >= 15 is 0 Å². The maximum atomic E-state index is 12.2. The van der Waals surface area contributed by atoms with Gasteiger partial charge in [-0.15, -0.1) is 10.2 Å². The van der Waals surface area contributed by atoms with Crippen LogP contribution in [0.25, 0.3) is 11.4 Å². The number of carbonyl (C=O) groups excluding carboxylic acids is 1. The Morgan fingerprint density at radius 2 is 1.85 bits per heavy atom. The predicted octanol–water partition coefficient (Wildman–Crippen LogP) is 3.29. The number of nitrogens with one attached hydrogen (secondary N) is 1. The maximum Gasteiger partial charge on any atom is 0.250 e. The molecule has 0 bridgehead atoms. The second kappa shape index (κ2) is 11.4. The molecule has 33 heavy (non-hydrogen) atoms. The number of amides is 1. The van der Waals surface area contributed by atoms with Crippen LogP contribution in [0.4, 0.5) is 5.69 Å². The van der Waals surface area contributed by atoms with Gasteiger partial charge in [0.25, 0.3) is 5.91 Å². The van der Waals surface area contributed by atoms with Crippen molar-refractivity contribution in [3.8, 4) is 22.9 Å². The van der Waals surface area contributed by atoms with Gasteiger partial charge >= 0.3 is 0 Å². The Labute approximate surface area is 197 Å². The fourth-order valence-electron chi connectivity index (χ4n) is 3.07. The van der Waals surface area contributed by atoms with E-state index in [0.29, 0.717) is 29.0 Å². The van der Waals surface area contributed by atoms with Crippen molar-refractivity contribution in [3.63, 3.8) is 0 Å². The van der Waals surface area contributed by atoms with Crippen LogP contribution in [-0.4, -0.2) is 61.0 Å². The van der Waals surface area contributed by atoms with Crippen LogP contribution in [0.15, 0.2) is 52.7 Å². The first-order valence-corrected chi connectivity index (χ1v) is 11.3. The van der Waals surface area contributed by atoms with Gasteiger partial charge in [0.2, 0.25) is 0 Å². The van der Waals surface area contributed by atoms with Gasteiger partial charge in [-0.1, -0.05) is 23.9 Å². The normalized spacial score (nSPS) is 10.9. The van der Waals surface area contributed by atoms with Crippen molar-refractivity contribution >= 4 is 29.6 Å². The summed E-state index contributed by atoms with van der Waals surface area (Å²) in [6.07, 6.45) is 1.62. The molecule has 0 fully saturated rings. The number of ether oxygens (including phenoxy) is 2. The van der Waals surface area contributed by atoms with Crippen LogP contribution in [0.2, 0.25) is 0 Å². The third-order valence-corrected chi connectivity index (χ3v) is 5.79. The van der Waals surface area contributed by atoms with Gasteiger partial charge in [-0.25, -0.2) is 5.43 Å². The standard InChI is InChI=1S/C23H28N6O3S/c1-6-29-22(17-9-12-19(31-4)20(13-17)32-5)26-27-23(29)33-15-21(30)25-24-14-16-7-10-18(11-8-16)28(2)3/h7-14H,6,15H2,1-5H3,(H,25,30). The Morgan fingerprint density at radius 1 is 1.12 bits per heavy atom. The van der Waals surface area contributed by atoms with Crippen LogP contribution in [0.5, 0.6) is 11.5 Å². The van der Waals surface area contributed by atoms with Crippen molar-refractivity contribution in [2.24, 2.45) is 5.10 Å². The molecule has 0 radical (unpaired) electrons. The molecule has 0 aliphatic rings. The maximum absolute atomic E-state index is 12.2. The second-order valence-corrected chi connectivity index (χ2v) is 8.13. The van der Waals surface area contributed by atoms with Gasteiger partial charge in [-0.05, 0) is 42.8 Å². The van der Waals surface area contributed by atoms with E-state index in [2.05, 4.69) is 20.7 Å². The summed E-state index contributed by atoms with van der Waals surface area (Å²) in [4.78, 5) is 14.3. The highest BCUT2D eigenvalue weighted by Gasteiger charge is 2.16. The molecule has 0 aliphatic heterocycles. The molecular formula is C23H28N6O3S. The summed E-state index contributed by atoms with van der Waals surface area (Å²) >= 11 is 1.31. The summed E-state index contributed by atoms with van der Waals surface area (Å²) < 4.78 is 12.6. The van der Waals surface area contributed by atoms with E-state index in [0.717, 1.165) is 16.8 Å². The Morgan fingerprint density at radius 3 is 2.48 bits per heavy atom. The molecule has 1 heterocycles. The number of aromatic nitrogens is 3. The van der Waals surface area contributed by atoms with E-state index in [1.165, 1.54) is 11.8 Å². The molecule has 0 saturated heterocycles. The number of thioether (sulfide) groups is 1. The van der Waals surface area contributed by atoms with E-state index in [-0.39, 0.29) is 11.7 Å². The molecule has 1 N–H and O–H groups in total. The van der Waals surface area contributed by atoms with Crippen molar-refractivity contribution in [3.05, 3.63) is 48.0 Å². The van der Waals surface area contributed by atoms with Crippen LogP contribution >= 0.6 is 11.8 Å². The van der Waals surface area contributed by atoms with E-state index in [1.807, 2.05) is 73.0 Å². The van der Waals surface area contributed by atoms with Gasteiger partial charge in [0, 0.05) is 31.9 Å². The second-order valence-electron chi connectivity index (χ2n) is 7.19. The van der Waals surface area contributed by atoms with E-state index in [9.17, 15) is 4.79 Å². The molecule has 1 aromatic heterocycles. The Bertz CT molecular complexity index is 1110. The van der Waals surface area contributed by atoms with Crippen molar-refractivity contribution in [1.29, 1.82) is 0 Å². The number of hydrogen-bond acceptors (Lipinski definition) is 8. The van der Waals surface area contributed by atoms with Crippen molar-refractivity contribution < 1.29 is 14.3 Å². The molecule has 2 aromatic carbocycles. The van der Waals surface area contributed by atoms with Crippen LogP contribution < -0.4 is 19.8 Å². The SMILES string of the molecule is CCn1c(SCC(=O)NN=Cc2ccc(N(C)C)cc2)nnc1-c1ccc(OC)c(OC)c1. The summed E-state index contributed by atoms with van der Waals surface area (Å²) in [7, 11) is 7.15. The molecular weight excluding hydrogens is 440 g/mol. The van der Waals surface area contributed by atoms with Crippen LogP contribution in [-0.2, 0) is 11.3 Å². The molecule has 3 aromatic rings. The third-order valence-electron chi connectivity index (χ3n) is 4.82. The van der Waals surface area contributed by atoms with Crippen LogP contribution in [0, 0.1) is 0 Å². The average molecular weight is 469 g/mol. The minimum Gasteiger partial charge on any atom is -0.493 e. The predicted molar refractivity (Wildman–Crippen MR) is 131 cm³/mol. The summed E-state index contributed by atoms with van der Waals surface area (Å²) in [5.74, 6) is 1.90. The monoisotopic (exact) mass is 468 g/mol. The largest absolute Gasteiger partial charge is 0.493 e. The molecule has 10 heteroatoms. The fourth-order valence-corrected chi connectivity index (χ4v) is 3.86. The topological polar surface area (TPSA) is 93.9 Å². The molecule has 1 amide bonds. The molecule has 0 saturated carbocycles. The molecule has 0 spiro atoms. The van der Waals surface area contributed by atoms with Gasteiger partial charge in [0.1, 0.15) is 0 Å². The lowest BCUT2D eigenvalue weighted by atomic mass is 10.2. The number of benzene rings is 2. The number of nitrogens with zero attached hydrogens (tertiary/aromatic N) is 5. The average Bonchev–Trinajstić information content (AvgIpc) is 3.25. The number of methoxy groups -OCH3 is 2. The number of rotatable bonds is 10. The number of carbonyl (C=O) groups is 1. The molecule has 3 rings (SSSR count). The van der Waals surface area contributed by atoms with Gasteiger partial charge < -0.3 is 18.9 Å². The highest BCUT2D eigenvalue weighted by molar-refractivity contribution is 7.99. The Hall–Kier alpha value is -3.53. The first-order chi connectivity index (χ1) is 16.0. The number of hydrazone groups is 1. The summed E-state index contributed by atoms with van der Waals surface area (Å²) in [5, 5.41) is 13.3. The first-order valence-electron chi connectivity index (χ1n) is 10.3. The summed E-state index contributed by atoms with van der Waals surface area (Å²) in [6, 6.07) is 13.5. The van der Waals surface area contributed by atoms with E-state index < -0.39 is 0 Å². The highest BCUT2D eigenvalue weighted by Crippen LogP contribution is 2.32. The smallest absolute Gasteiger partial charge is 0.250 e. The van der Waals surface area contributed by atoms with Crippen molar-refractivity contribution in [2.75, 3.05) is 39.0 Å². The third kappa shape index (κ3) is 6.04. The van der Waals surface area contributed by atoms with Crippen molar-refractivity contribution in [2.45, 2.75) is 18.6 Å². The van der Waals surface area contributed by atoms with Crippen LogP contribution in [0.1, 0.15) is 12.5 Å². The fraction of sp³-hybridized carbons (Fsp3) is 0.304. The van der Waals surface area contributed by atoms with Crippen molar-refractivity contribution in [1.82, 2.24) is 20.2 Å². The van der Waals surface area contributed by atoms with E-state index in [1.54, 1.807) is 20.4 Å². The van der Waals surface area contributed by atoms with Gasteiger partial charge in [0.15, 0.2) is 22.5 Å². The molecule has 9 nitrogen and oxygen atoms in total. The van der Waals surface area contributed by atoms with Gasteiger partial charge in [-0.2, -0.15) is 5.10 Å². The van der Waals surface area contributed by atoms with Gasteiger partial charge in [0.05, 0.1) is 26.2 Å².